The van der Waals surface area contributed by atoms with E-state index < -0.39 is 0 Å². The predicted molar refractivity (Wildman–Crippen MR) is 242 cm³/mol. The first kappa shape index (κ1) is 48.2. The number of rotatable bonds is 24. The van der Waals surface area contributed by atoms with E-state index in [1.807, 2.05) is 7.05 Å². The van der Waals surface area contributed by atoms with Crippen LogP contribution in [-0.4, -0.2) is 72.4 Å². The number of nitrogens with zero attached hydrogens (tertiary/aromatic N) is 1. The van der Waals surface area contributed by atoms with Crippen LogP contribution < -0.4 is 10.6 Å². The average Bonchev–Trinajstić information content (AvgIpc) is 3.56. The van der Waals surface area contributed by atoms with Gasteiger partial charge in [0.25, 0.3) is 0 Å². The minimum absolute atomic E-state index is 0.103. The van der Waals surface area contributed by atoms with Gasteiger partial charge in [-0.2, -0.15) is 0 Å². The summed E-state index contributed by atoms with van der Waals surface area (Å²) in [6.45, 7) is 14.6. The molecule has 4 aliphatic rings. The van der Waals surface area contributed by atoms with Gasteiger partial charge in [-0.25, -0.2) is 0 Å². The lowest BCUT2D eigenvalue weighted by molar-refractivity contribution is -0.203. The second-order valence-corrected chi connectivity index (χ2v) is 19.2. The fraction of sp³-hybridized carbons (Fsp3) is 0.765. The van der Waals surface area contributed by atoms with Gasteiger partial charge >= 0.3 is 0 Å². The Kier molecular flexibility index (Phi) is 20.5. The van der Waals surface area contributed by atoms with Gasteiger partial charge in [-0.15, -0.1) is 0 Å². The maximum absolute atomic E-state index is 12.9. The summed E-state index contributed by atoms with van der Waals surface area (Å²) < 4.78 is 0. The standard InChI is InChI=1S/C51H85N3O4/c1-7-9-10-11-12-13-14-15-16-17-18-19-20-21-22-23-24-25-46(56)52-34-36-54(6)37-35-53-47(57)29-26-39(3)42-27-28-43-48-44(31-33-50(42,43)4)51(5)32-30-40(55)38-45(51)41(8-2)49(48)58/h9-10,12-13,15-16,18-19,21-22,39-45,48-49,55,58H,7-8,11,14,17,20,23-38H2,1-6H3,(H,52,56)(H,53,57)/t39-,40-,41-,42?,43+,44+,45+,48+,49-,50-,51-/m1/s1. The fourth-order valence-corrected chi connectivity index (χ4v) is 12.3. The number of likely N-dealkylation sites (N-methyl/N-ethyl adjacent to an activating group) is 1. The zero-order valence-electron chi connectivity index (χ0n) is 37.7. The van der Waals surface area contributed by atoms with E-state index in [-0.39, 0.29) is 40.8 Å². The summed E-state index contributed by atoms with van der Waals surface area (Å²) in [5, 5.41) is 28.8. The normalized spacial score (nSPS) is 33.1. The molecule has 0 aromatic heterocycles. The summed E-state index contributed by atoms with van der Waals surface area (Å²) in [6.07, 6.45) is 39.0. The minimum Gasteiger partial charge on any atom is -0.393 e. The average molecular weight is 804 g/mol. The van der Waals surface area contributed by atoms with Crippen LogP contribution in [0.5, 0.6) is 0 Å². The lowest BCUT2D eigenvalue weighted by Crippen LogP contribution is -2.62. The highest BCUT2D eigenvalue weighted by atomic mass is 16.3. The molecule has 328 valence electrons. The number of fused-ring (bicyclic) bond motifs is 5. The molecule has 4 saturated carbocycles. The molecule has 4 fully saturated rings. The third-order valence-electron chi connectivity index (χ3n) is 15.5. The van der Waals surface area contributed by atoms with E-state index in [9.17, 15) is 19.8 Å². The third kappa shape index (κ3) is 13.5. The van der Waals surface area contributed by atoms with Crippen LogP contribution in [0.15, 0.2) is 60.8 Å². The molecule has 0 radical (unpaired) electrons. The Balaban J connectivity index is 1.04. The number of allylic oxidation sites excluding steroid dienone is 10. The number of amides is 2. The van der Waals surface area contributed by atoms with Crippen molar-refractivity contribution >= 4 is 11.8 Å². The highest BCUT2D eigenvalue weighted by molar-refractivity contribution is 5.76. The van der Waals surface area contributed by atoms with E-state index in [4.69, 9.17) is 0 Å². The summed E-state index contributed by atoms with van der Waals surface area (Å²) in [4.78, 5) is 27.4. The maximum Gasteiger partial charge on any atom is 0.220 e. The van der Waals surface area contributed by atoms with Crippen molar-refractivity contribution in [3.8, 4) is 0 Å². The SMILES string of the molecule is CCC=CCC=CCC=CCC=CCC=CCCCC(=O)NCCN(C)CCNC(=O)CC[C@@H](C)C1CC[C@H]2[C@@H]3[C@H](O)[C@H](CC)[C@@H]4C[C@H](O)CC[C@]4(C)[C@H]3CC[C@]12C. The van der Waals surface area contributed by atoms with Crippen LogP contribution in [0.1, 0.15) is 150 Å². The molecule has 0 heterocycles. The smallest absolute Gasteiger partial charge is 0.220 e. The number of hydrogen-bond acceptors (Lipinski definition) is 5. The number of carbonyl (C=O) groups is 2. The molecule has 0 aliphatic heterocycles. The molecule has 58 heavy (non-hydrogen) atoms. The lowest BCUT2D eigenvalue weighted by Gasteiger charge is -2.64. The second kappa shape index (κ2) is 24.7. The zero-order chi connectivity index (χ0) is 42.0. The van der Waals surface area contributed by atoms with Crippen molar-refractivity contribution in [3.63, 3.8) is 0 Å². The summed E-state index contributed by atoms with van der Waals surface area (Å²) in [5.41, 5.74) is 0.454. The molecule has 0 saturated heterocycles. The summed E-state index contributed by atoms with van der Waals surface area (Å²) >= 11 is 0. The van der Waals surface area contributed by atoms with Crippen molar-refractivity contribution in [1.29, 1.82) is 0 Å². The molecule has 11 atom stereocenters. The molecule has 2 amide bonds. The van der Waals surface area contributed by atoms with Crippen molar-refractivity contribution in [2.24, 2.45) is 52.3 Å². The van der Waals surface area contributed by atoms with Crippen LogP contribution in [0.25, 0.3) is 0 Å². The third-order valence-corrected chi connectivity index (χ3v) is 15.5. The van der Waals surface area contributed by atoms with Gasteiger partial charge in [0.15, 0.2) is 0 Å². The van der Waals surface area contributed by atoms with Gasteiger partial charge in [0.2, 0.25) is 11.8 Å². The monoisotopic (exact) mass is 804 g/mol. The van der Waals surface area contributed by atoms with Crippen molar-refractivity contribution in [2.75, 3.05) is 33.2 Å². The number of aliphatic hydroxyl groups is 2. The molecular weight excluding hydrogens is 719 g/mol. The van der Waals surface area contributed by atoms with Gasteiger partial charge in [0.05, 0.1) is 12.2 Å². The Hall–Kier alpha value is -2.48. The van der Waals surface area contributed by atoms with E-state index >= 15 is 0 Å². The summed E-state index contributed by atoms with van der Waals surface area (Å²) in [6, 6.07) is 0. The van der Waals surface area contributed by atoms with Crippen LogP contribution in [0.3, 0.4) is 0 Å². The molecule has 4 aliphatic carbocycles. The highest BCUT2D eigenvalue weighted by Crippen LogP contribution is 2.69. The number of aliphatic hydroxyl groups excluding tert-OH is 2. The first-order valence-electron chi connectivity index (χ1n) is 23.8. The molecule has 1 unspecified atom stereocenters. The lowest BCUT2D eigenvalue weighted by atomic mass is 9.41. The largest absolute Gasteiger partial charge is 0.393 e. The summed E-state index contributed by atoms with van der Waals surface area (Å²) in [5.74, 6) is 3.51. The Bertz CT molecular complexity index is 1390. The molecular formula is C51H85N3O4. The van der Waals surface area contributed by atoms with Gasteiger partial charge < -0.3 is 25.7 Å². The van der Waals surface area contributed by atoms with Crippen LogP contribution in [0.4, 0.5) is 0 Å². The van der Waals surface area contributed by atoms with Crippen LogP contribution >= 0.6 is 0 Å². The molecule has 4 N–H and O–H groups in total. The first-order chi connectivity index (χ1) is 28.0. The molecule has 0 spiro atoms. The van der Waals surface area contributed by atoms with Gasteiger partial charge in [0, 0.05) is 39.0 Å². The Labute approximate surface area is 354 Å². The van der Waals surface area contributed by atoms with Gasteiger partial charge in [0.1, 0.15) is 0 Å². The predicted octanol–water partition coefficient (Wildman–Crippen LogP) is 10.1. The minimum atomic E-state index is -0.261. The van der Waals surface area contributed by atoms with Gasteiger partial charge in [-0.3, -0.25) is 9.59 Å². The fourth-order valence-electron chi connectivity index (χ4n) is 12.3. The van der Waals surface area contributed by atoms with Gasteiger partial charge in [-0.1, -0.05) is 102 Å². The van der Waals surface area contributed by atoms with E-state index in [2.05, 4.69) is 111 Å². The van der Waals surface area contributed by atoms with E-state index in [1.54, 1.807) is 0 Å². The Morgan fingerprint density at radius 3 is 1.88 bits per heavy atom. The molecule has 0 bridgehead atoms. The zero-order valence-corrected chi connectivity index (χ0v) is 37.7. The topological polar surface area (TPSA) is 102 Å². The van der Waals surface area contributed by atoms with Crippen molar-refractivity contribution < 1.29 is 19.8 Å². The van der Waals surface area contributed by atoms with Crippen LogP contribution in [0.2, 0.25) is 0 Å². The number of carbonyl (C=O) groups excluding carboxylic acids is 2. The van der Waals surface area contributed by atoms with Crippen molar-refractivity contribution in [1.82, 2.24) is 15.5 Å². The van der Waals surface area contributed by atoms with Crippen LogP contribution in [-0.2, 0) is 9.59 Å². The van der Waals surface area contributed by atoms with E-state index in [1.165, 1.54) is 25.7 Å². The number of nitrogens with one attached hydrogen (secondary N) is 2. The number of unbranched alkanes of at least 4 members (excludes halogenated alkanes) is 1. The van der Waals surface area contributed by atoms with Crippen molar-refractivity contribution in [2.45, 2.75) is 162 Å². The Morgan fingerprint density at radius 2 is 1.28 bits per heavy atom. The first-order valence-corrected chi connectivity index (χ1v) is 23.8. The second-order valence-electron chi connectivity index (χ2n) is 19.2. The summed E-state index contributed by atoms with van der Waals surface area (Å²) in [7, 11) is 2.04. The molecule has 0 aromatic rings. The molecule has 4 rings (SSSR count). The van der Waals surface area contributed by atoms with E-state index in [0.717, 1.165) is 90.1 Å². The molecule has 7 nitrogen and oxygen atoms in total. The molecule has 7 heteroatoms. The quantitative estimate of drug-likeness (QED) is 0.0575. The van der Waals surface area contributed by atoms with Crippen LogP contribution in [0, 0.1) is 52.3 Å². The molecule has 0 aromatic carbocycles. The van der Waals surface area contributed by atoms with Crippen molar-refractivity contribution in [3.05, 3.63) is 60.8 Å². The van der Waals surface area contributed by atoms with E-state index in [0.29, 0.717) is 61.4 Å². The maximum atomic E-state index is 12.9. The number of hydrogen-bond donors (Lipinski definition) is 4. The van der Waals surface area contributed by atoms with Gasteiger partial charge in [-0.05, 0) is 156 Å². The Morgan fingerprint density at radius 1 is 0.724 bits per heavy atom. The highest BCUT2D eigenvalue weighted by Gasteiger charge is 2.64.